The molecule has 3 aromatic heterocycles. The van der Waals surface area contributed by atoms with Crippen LogP contribution in [0.25, 0.3) is 16.8 Å². The Bertz CT molecular complexity index is 1800. The van der Waals surface area contributed by atoms with Crippen LogP contribution in [-0.4, -0.2) is 55.3 Å². The Morgan fingerprint density at radius 2 is 2.00 bits per heavy atom. The van der Waals surface area contributed by atoms with Gasteiger partial charge in [0.25, 0.3) is 5.91 Å². The number of carbonyl (C=O) groups is 2. The fraction of sp³-hybridized carbons (Fsp3) is 0.323. The molecule has 4 aromatic rings. The van der Waals surface area contributed by atoms with Crippen molar-refractivity contribution in [3.05, 3.63) is 65.9 Å². The van der Waals surface area contributed by atoms with E-state index in [0.29, 0.717) is 29.7 Å². The third-order valence-corrected chi connectivity index (χ3v) is 8.03. The molecule has 3 N–H and O–H groups in total. The molecule has 2 saturated heterocycles. The molecule has 2 amide bonds. The number of nitrogen functional groups attached to an aromatic ring is 1. The van der Waals surface area contributed by atoms with E-state index in [0.717, 1.165) is 43.4 Å². The molecule has 0 unspecified atom stereocenters. The van der Waals surface area contributed by atoms with Crippen molar-refractivity contribution in [1.29, 1.82) is 0 Å². The van der Waals surface area contributed by atoms with Crippen LogP contribution in [0.5, 0.6) is 5.75 Å². The number of aromatic nitrogens is 4. The number of rotatable bonds is 7. The minimum atomic E-state index is -4.59. The average Bonchev–Trinajstić information content (AvgIpc) is 3.58. The number of nitrogens with two attached hydrogens (primary N) is 1. The molecular weight excluding hydrogens is 575 g/mol. The zero-order valence-electron chi connectivity index (χ0n) is 23.5. The fourth-order valence-corrected chi connectivity index (χ4v) is 5.90. The number of amides is 2. The number of terminal acetylenes is 1. The summed E-state index contributed by atoms with van der Waals surface area (Å²) < 4.78 is 47.4. The number of fused-ring (bicyclic) bond motifs is 2. The number of hydrogen-bond acceptors (Lipinski definition) is 7. The third kappa shape index (κ3) is 5.50. The maximum atomic E-state index is 13.2. The van der Waals surface area contributed by atoms with Gasteiger partial charge in [0.15, 0.2) is 0 Å². The molecule has 13 heteroatoms. The molecule has 0 radical (unpaired) electrons. The van der Waals surface area contributed by atoms with Gasteiger partial charge in [-0.05, 0) is 49.6 Å². The number of nitrogens with one attached hydrogen (secondary N) is 1. The van der Waals surface area contributed by atoms with Gasteiger partial charge in [0.05, 0.1) is 12.2 Å². The van der Waals surface area contributed by atoms with Crippen molar-refractivity contribution in [3.63, 3.8) is 0 Å². The summed E-state index contributed by atoms with van der Waals surface area (Å²) in [4.78, 5) is 40.7. The lowest BCUT2D eigenvalue weighted by Crippen LogP contribution is -2.41. The lowest BCUT2D eigenvalue weighted by Gasteiger charge is -2.34. The number of halogens is 3. The maximum Gasteiger partial charge on any atom is 0.416 e. The largest absolute Gasteiger partial charge is 0.492 e. The zero-order valence-corrected chi connectivity index (χ0v) is 23.5. The van der Waals surface area contributed by atoms with Crippen LogP contribution < -0.4 is 15.8 Å². The van der Waals surface area contributed by atoms with Gasteiger partial charge in [0.2, 0.25) is 5.91 Å². The van der Waals surface area contributed by atoms with E-state index in [1.807, 2.05) is 9.30 Å². The van der Waals surface area contributed by atoms with E-state index in [-0.39, 0.29) is 53.8 Å². The first kappa shape index (κ1) is 29.0. The van der Waals surface area contributed by atoms with E-state index < -0.39 is 17.6 Å². The molecule has 1 aromatic carbocycles. The molecule has 10 nitrogen and oxygen atoms in total. The molecule has 0 bridgehead atoms. The highest BCUT2D eigenvalue weighted by molar-refractivity contribution is 6.04. The quantitative estimate of drug-likeness (QED) is 0.227. The van der Waals surface area contributed by atoms with Crippen molar-refractivity contribution in [2.45, 2.75) is 50.2 Å². The Morgan fingerprint density at radius 3 is 2.80 bits per heavy atom. The van der Waals surface area contributed by atoms with Gasteiger partial charge < -0.3 is 20.7 Å². The van der Waals surface area contributed by atoms with Crippen LogP contribution in [-0.2, 0) is 11.0 Å². The lowest BCUT2D eigenvalue weighted by atomic mass is 9.92. The second-order valence-electron chi connectivity index (χ2n) is 10.8. The number of anilines is 2. The van der Waals surface area contributed by atoms with Gasteiger partial charge in [-0.3, -0.25) is 14.0 Å². The number of carbonyl (C=O) groups excluding carboxylic acids is 2. The molecular formula is C31H28F3N7O3. The highest BCUT2D eigenvalue weighted by Crippen LogP contribution is 2.40. The van der Waals surface area contributed by atoms with Crippen molar-refractivity contribution >= 4 is 29.0 Å². The molecule has 226 valence electrons. The maximum absolute atomic E-state index is 13.2. The van der Waals surface area contributed by atoms with E-state index >= 15 is 0 Å². The van der Waals surface area contributed by atoms with Crippen LogP contribution in [0.1, 0.15) is 59.8 Å². The molecule has 44 heavy (non-hydrogen) atoms. The zero-order chi connectivity index (χ0) is 31.0. The summed E-state index contributed by atoms with van der Waals surface area (Å²) in [6.07, 6.45) is 8.63. The first-order valence-corrected chi connectivity index (χ1v) is 14.1. The molecule has 2 aliphatic heterocycles. The van der Waals surface area contributed by atoms with E-state index in [1.54, 1.807) is 18.5 Å². The summed E-state index contributed by atoms with van der Waals surface area (Å²) in [5.41, 5.74) is 7.09. The Hall–Kier alpha value is -5.12. The fourth-order valence-electron chi connectivity index (χ4n) is 5.90. The van der Waals surface area contributed by atoms with E-state index in [2.05, 4.69) is 21.2 Å². The molecule has 0 aliphatic carbocycles. The summed E-state index contributed by atoms with van der Waals surface area (Å²) in [7, 11) is 0. The number of nitrogens with zero attached hydrogens (tertiary/aromatic N) is 5. The van der Waals surface area contributed by atoms with Crippen LogP contribution in [0.15, 0.2) is 48.9 Å². The van der Waals surface area contributed by atoms with Gasteiger partial charge >= 0.3 is 6.18 Å². The number of piperidine rings is 1. The predicted octanol–water partition coefficient (Wildman–Crippen LogP) is 4.92. The summed E-state index contributed by atoms with van der Waals surface area (Å²) in [5, 5.41) is 2.41. The van der Waals surface area contributed by atoms with Crippen LogP contribution in [0.2, 0.25) is 0 Å². The number of pyridine rings is 1. The molecule has 0 spiro atoms. The number of alkyl halides is 3. The minimum Gasteiger partial charge on any atom is -0.492 e. The summed E-state index contributed by atoms with van der Waals surface area (Å²) >= 11 is 0. The van der Waals surface area contributed by atoms with Crippen LogP contribution in [0, 0.1) is 12.3 Å². The average molecular weight is 604 g/mol. The van der Waals surface area contributed by atoms with Gasteiger partial charge in [0.1, 0.15) is 34.4 Å². The molecule has 2 atom stereocenters. The number of imidazole rings is 1. The van der Waals surface area contributed by atoms with Crippen molar-refractivity contribution in [2.24, 2.45) is 0 Å². The Balaban J connectivity index is 1.37. The SMILES string of the molecule is C#CCCOc1cc(C(=O)Nc2cc(C(F)(F)F)ccn2)ccc1-c1nc([C@@H]2CC[C@H]3CCC(=O)N3C2)n2ccnc(N)c12. The number of ether oxygens (including phenoxy) is 1. The van der Waals surface area contributed by atoms with Crippen LogP contribution in [0.4, 0.5) is 24.8 Å². The first-order chi connectivity index (χ1) is 21.1. The second-order valence-corrected chi connectivity index (χ2v) is 10.8. The first-order valence-electron chi connectivity index (χ1n) is 14.1. The highest BCUT2D eigenvalue weighted by atomic mass is 19.4. The van der Waals surface area contributed by atoms with Crippen molar-refractivity contribution in [2.75, 3.05) is 24.2 Å². The summed E-state index contributed by atoms with van der Waals surface area (Å²) in [6.45, 7) is 0.690. The Morgan fingerprint density at radius 1 is 1.16 bits per heavy atom. The van der Waals surface area contributed by atoms with Gasteiger partial charge in [-0.1, -0.05) is 0 Å². The predicted molar refractivity (Wildman–Crippen MR) is 156 cm³/mol. The van der Waals surface area contributed by atoms with Crippen molar-refractivity contribution < 1.29 is 27.5 Å². The van der Waals surface area contributed by atoms with Gasteiger partial charge in [-0.15, -0.1) is 12.3 Å². The standard InChI is InChI=1S/C31H28F3N7O3/c1-2-3-14-44-23-15-18(30(43)38-24-16-20(10-11-36-24)31(32,33)34)5-8-22(23)26-27-28(35)37-12-13-40(27)29(39-26)19-4-6-21-7-9-25(42)41(21)17-19/h1,5,8,10-13,15-16,19,21H,3-4,6-7,9,14,17H2,(H2,35,37)(H,36,38,43)/t19-,21+/m1/s1. The Labute approximate surface area is 250 Å². The topological polar surface area (TPSA) is 128 Å². The van der Waals surface area contributed by atoms with Crippen LogP contribution in [0.3, 0.4) is 0 Å². The lowest BCUT2D eigenvalue weighted by molar-refractivity contribution is -0.137. The summed E-state index contributed by atoms with van der Waals surface area (Å²) in [5.74, 6) is 2.93. The van der Waals surface area contributed by atoms with E-state index in [1.165, 1.54) is 12.1 Å². The van der Waals surface area contributed by atoms with E-state index in [4.69, 9.17) is 21.9 Å². The number of benzene rings is 1. The van der Waals surface area contributed by atoms with Gasteiger partial charge in [0, 0.05) is 61.1 Å². The molecule has 2 aliphatic rings. The molecule has 2 fully saturated rings. The Kier molecular flexibility index (Phi) is 7.59. The van der Waals surface area contributed by atoms with Gasteiger partial charge in [-0.2, -0.15) is 13.2 Å². The monoisotopic (exact) mass is 603 g/mol. The normalized spacial score (nSPS) is 18.2. The van der Waals surface area contributed by atoms with Crippen molar-refractivity contribution in [3.8, 4) is 29.4 Å². The van der Waals surface area contributed by atoms with Gasteiger partial charge in [-0.25, -0.2) is 15.0 Å². The number of hydrogen-bond donors (Lipinski definition) is 2. The second kappa shape index (κ2) is 11.5. The van der Waals surface area contributed by atoms with Crippen LogP contribution >= 0.6 is 0 Å². The van der Waals surface area contributed by atoms with Crippen molar-refractivity contribution in [1.82, 2.24) is 24.3 Å². The molecule has 6 rings (SSSR count). The highest BCUT2D eigenvalue weighted by Gasteiger charge is 2.38. The molecule has 5 heterocycles. The third-order valence-electron chi connectivity index (χ3n) is 8.03. The van der Waals surface area contributed by atoms with E-state index in [9.17, 15) is 22.8 Å². The molecule has 0 saturated carbocycles. The smallest absolute Gasteiger partial charge is 0.416 e. The minimum absolute atomic E-state index is 0.0350. The summed E-state index contributed by atoms with van der Waals surface area (Å²) in [6, 6.07) is 6.46.